The summed E-state index contributed by atoms with van der Waals surface area (Å²) in [5.41, 5.74) is 19.6. The second-order valence-corrected chi connectivity index (χ2v) is 22.8. The summed E-state index contributed by atoms with van der Waals surface area (Å²) in [5, 5.41) is 22.2. The lowest BCUT2D eigenvalue weighted by atomic mass is 9.60. The predicted octanol–water partition coefficient (Wildman–Crippen LogP) is 6.44. The van der Waals surface area contributed by atoms with Crippen LogP contribution in [0.15, 0.2) is 54.9 Å². The second kappa shape index (κ2) is 18.9. The molecule has 0 bridgehead atoms. The summed E-state index contributed by atoms with van der Waals surface area (Å²) in [7, 11) is 1.63. The maximum atomic E-state index is 14.3. The molecule has 2 saturated carbocycles. The molecule has 2 aromatic carbocycles. The van der Waals surface area contributed by atoms with Crippen LogP contribution in [-0.2, 0) is 22.6 Å². The number of hydrogen-bond donors (Lipinski definition) is 6. The minimum Gasteiger partial charge on any atom is -0.507 e. The molecule has 4 amide bonds. The van der Waals surface area contributed by atoms with Crippen molar-refractivity contribution in [2.45, 2.75) is 128 Å². The molecular weight excluding hydrogens is 923 g/mol. The zero-order valence-corrected chi connectivity index (χ0v) is 42.9. The van der Waals surface area contributed by atoms with Crippen molar-refractivity contribution >= 4 is 52.3 Å². The maximum Gasteiger partial charge on any atom is 0.318 e. The Hall–Kier alpha value is -6.82. The van der Waals surface area contributed by atoms with E-state index in [0.29, 0.717) is 79.5 Å². The van der Waals surface area contributed by atoms with Gasteiger partial charge in [-0.1, -0.05) is 39.0 Å². The van der Waals surface area contributed by atoms with Gasteiger partial charge in [0.25, 0.3) is 0 Å². The number of H-pyrrole nitrogens is 1. The second-order valence-electron chi connectivity index (χ2n) is 22.8. The number of para-hydroxylation sites is 1. The first-order chi connectivity index (χ1) is 35.1. The number of aromatic nitrogens is 5. The van der Waals surface area contributed by atoms with Crippen LogP contribution in [-0.4, -0.2) is 127 Å². The average Bonchev–Trinajstić information content (AvgIpc) is 3.81. The van der Waals surface area contributed by atoms with Crippen molar-refractivity contribution in [3.63, 3.8) is 0 Å². The molecule has 386 valence electrons. The van der Waals surface area contributed by atoms with E-state index >= 15 is 0 Å². The van der Waals surface area contributed by atoms with E-state index in [2.05, 4.69) is 37.4 Å². The molecule has 0 radical (unpaired) electrons. The highest BCUT2D eigenvalue weighted by Gasteiger charge is 2.56. The number of anilines is 2. The van der Waals surface area contributed by atoms with Crippen molar-refractivity contribution in [3.05, 3.63) is 88.4 Å². The van der Waals surface area contributed by atoms with Gasteiger partial charge in [0.2, 0.25) is 23.6 Å². The van der Waals surface area contributed by atoms with Crippen LogP contribution >= 0.6 is 0 Å². The van der Waals surface area contributed by atoms with Gasteiger partial charge in [-0.3, -0.25) is 14.3 Å². The molecule has 3 unspecified atom stereocenters. The van der Waals surface area contributed by atoms with Crippen LogP contribution in [0.4, 0.5) is 16.6 Å². The third-order valence-corrected chi connectivity index (χ3v) is 16.8. The van der Waals surface area contributed by atoms with Gasteiger partial charge in [0.1, 0.15) is 23.7 Å². The summed E-state index contributed by atoms with van der Waals surface area (Å²) in [6, 6.07) is 12.4. The molecule has 5 fully saturated rings. The molecule has 5 aromatic rings. The fourth-order valence-corrected chi connectivity index (χ4v) is 12.5. The molecule has 18 nitrogen and oxygen atoms in total. The number of ether oxygens (including phenoxy) is 1. The number of fused-ring (bicyclic) bond motifs is 2. The standard InChI is InChI=1S/C55H71N13O5/c1-32-46-40(24-41(56)38-9-6-7-11-45(38)69)48(57)61-42(46)18-22-66(32)52-59-28-35(29-60-52)34-16-20-64(21-17-34)37-25-55(26-37)30-65(31-55)53(72)62-47(54(2,3)4)51(71)67-19-8-10-44(67)49(70)58-27-33-12-15-43-39(23-33)50(73-5)63-68(43)36-13-14-36/h6-7,9,11-12,15,23-24,28-29,32,34,36-37,44,47,61,69H,8,10,13-14,16-22,25-27,30-31,56-57H2,1-5H3,(H,58,70)(H,62,72)/b41-24-. The minimum atomic E-state index is -0.778. The number of nitrogens with one attached hydrogen (secondary N) is 3. The normalized spacial score (nSPS) is 22.0. The molecule has 73 heavy (non-hydrogen) atoms. The Kier molecular flexibility index (Phi) is 12.5. The number of amides is 4. The fourth-order valence-electron chi connectivity index (χ4n) is 12.5. The first-order valence-electron chi connectivity index (χ1n) is 26.3. The number of rotatable bonds is 12. The van der Waals surface area contributed by atoms with Crippen molar-refractivity contribution in [2.24, 2.45) is 16.6 Å². The van der Waals surface area contributed by atoms with Crippen molar-refractivity contribution in [2.75, 3.05) is 57.0 Å². The van der Waals surface area contributed by atoms with E-state index in [9.17, 15) is 19.5 Å². The fraction of sp³-hybridized carbons (Fsp3) is 0.527. The highest BCUT2D eigenvalue weighted by Crippen LogP contribution is 2.51. The summed E-state index contributed by atoms with van der Waals surface area (Å²) < 4.78 is 7.62. The number of benzene rings is 2. The third-order valence-electron chi connectivity index (χ3n) is 16.8. The number of carbonyl (C=O) groups excluding carboxylic acids is 3. The summed E-state index contributed by atoms with van der Waals surface area (Å²) >= 11 is 0. The van der Waals surface area contributed by atoms with Gasteiger partial charge in [0, 0.05) is 91.1 Å². The van der Waals surface area contributed by atoms with Crippen LogP contribution in [0.1, 0.15) is 131 Å². The molecule has 11 rings (SSSR count). The number of phenolic OH excluding ortho intramolecular Hbond substituents is 1. The Balaban J connectivity index is 0.641. The van der Waals surface area contributed by atoms with E-state index < -0.39 is 17.5 Å². The molecule has 3 saturated heterocycles. The van der Waals surface area contributed by atoms with Gasteiger partial charge in [0.05, 0.1) is 30.1 Å². The van der Waals surface area contributed by atoms with Crippen LogP contribution in [0.25, 0.3) is 22.7 Å². The zero-order chi connectivity index (χ0) is 50.9. The van der Waals surface area contributed by atoms with Crippen molar-refractivity contribution in [1.29, 1.82) is 0 Å². The van der Waals surface area contributed by atoms with Gasteiger partial charge in [-0.25, -0.2) is 14.8 Å². The quantitative estimate of drug-likeness (QED) is 0.0794. The first kappa shape index (κ1) is 48.4. The molecule has 3 atom stereocenters. The number of nitrogens with two attached hydrogens (primary N) is 2. The highest BCUT2D eigenvalue weighted by molar-refractivity contribution is 5.93. The van der Waals surface area contributed by atoms with Crippen LogP contribution in [0.2, 0.25) is 0 Å². The lowest BCUT2D eigenvalue weighted by Crippen LogP contribution is -2.70. The van der Waals surface area contributed by atoms with Gasteiger partial charge in [-0.2, -0.15) is 0 Å². The monoisotopic (exact) mass is 994 g/mol. The van der Waals surface area contributed by atoms with E-state index in [1.807, 2.05) is 73.1 Å². The number of phenols is 1. The number of carbonyl (C=O) groups is 3. The summed E-state index contributed by atoms with van der Waals surface area (Å²) in [5.74, 6) is 1.93. The van der Waals surface area contributed by atoms with E-state index in [1.54, 1.807) is 30.2 Å². The minimum absolute atomic E-state index is 0.0505. The SMILES string of the molecule is COc1nn(C2CC2)c2ccc(CNC(=O)C3CCCN3C(=O)C(NC(=O)N3CC4(CC(N5CCC(c6cnc(N7CCc8[nH]c(N)c(/C=C(\N)c9ccccc9O)c8C7C)nc6)CC5)C4)C3)C(C)(C)C)cc12. The Morgan fingerprint density at radius 2 is 1.73 bits per heavy atom. The zero-order valence-electron chi connectivity index (χ0n) is 42.9. The number of aromatic amines is 1. The Morgan fingerprint density at radius 3 is 2.42 bits per heavy atom. The van der Waals surface area contributed by atoms with Gasteiger partial charge < -0.3 is 56.5 Å². The van der Waals surface area contributed by atoms with E-state index in [1.165, 1.54) is 5.56 Å². The number of likely N-dealkylation sites (tertiary alicyclic amines) is 3. The number of nitrogens with zero attached hydrogens (tertiary/aromatic N) is 8. The number of methoxy groups -OCH3 is 1. The van der Waals surface area contributed by atoms with E-state index in [4.69, 9.17) is 26.2 Å². The van der Waals surface area contributed by atoms with Crippen molar-refractivity contribution in [3.8, 4) is 11.6 Å². The largest absolute Gasteiger partial charge is 0.507 e. The van der Waals surface area contributed by atoms with Crippen LogP contribution < -0.4 is 31.7 Å². The molecule has 7 heterocycles. The Labute approximate surface area is 426 Å². The lowest BCUT2D eigenvalue weighted by Gasteiger charge is -2.61. The smallest absolute Gasteiger partial charge is 0.318 e. The first-order valence-corrected chi connectivity index (χ1v) is 26.3. The third kappa shape index (κ3) is 9.20. The van der Waals surface area contributed by atoms with Gasteiger partial charge >= 0.3 is 6.03 Å². The van der Waals surface area contributed by atoms with E-state index in [0.717, 1.165) is 104 Å². The number of urea groups is 1. The summed E-state index contributed by atoms with van der Waals surface area (Å²) in [6.45, 7) is 13.0. The number of hydrogen-bond acceptors (Lipinski definition) is 12. The highest BCUT2D eigenvalue weighted by atomic mass is 16.5. The predicted molar refractivity (Wildman–Crippen MR) is 280 cm³/mol. The topological polar surface area (TPSA) is 229 Å². The molecule has 6 aliphatic rings. The van der Waals surface area contributed by atoms with Crippen LogP contribution in [0.5, 0.6) is 11.6 Å². The number of aromatic hydroxyl groups is 1. The molecule has 3 aromatic heterocycles. The van der Waals surface area contributed by atoms with E-state index in [-0.39, 0.29) is 35.1 Å². The summed E-state index contributed by atoms with van der Waals surface area (Å²) in [4.78, 5) is 63.4. The number of nitrogen functional groups attached to an aromatic ring is 1. The Morgan fingerprint density at radius 1 is 0.986 bits per heavy atom. The average molecular weight is 994 g/mol. The number of piperidine rings is 1. The molecule has 18 heteroatoms. The molecular formula is C55H71N13O5. The Bertz CT molecular complexity index is 2930. The molecule has 2 aliphatic carbocycles. The molecule has 4 aliphatic heterocycles. The lowest BCUT2D eigenvalue weighted by molar-refractivity contribution is -0.142. The van der Waals surface area contributed by atoms with Gasteiger partial charge in [-0.05, 0) is 124 Å². The van der Waals surface area contributed by atoms with Crippen molar-refractivity contribution in [1.82, 2.24) is 50.1 Å². The van der Waals surface area contributed by atoms with Crippen LogP contribution in [0, 0.1) is 10.8 Å². The molecule has 1 spiro atoms. The van der Waals surface area contributed by atoms with Gasteiger partial charge in [-0.15, -0.1) is 5.10 Å². The summed E-state index contributed by atoms with van der Waals surface area (Å²) in [6.07, 6.45) is 14.4. The van der Waals surface area contributed by atoms with Crippen molar-refractivity contribution < 1.29 is 24.2 Å². The van der Waals surface area contributed by atoms with Crippen LogP contribution in [0.3, 0.4) is 0 Å². The molecule has 8 N–H and O–H groups in total. The maximum absolute atomic E-state index is 14.3. The van der Waals surface area contributed by atoms with Gasteiger partial charge in [0.15, 0.2) is 0 Å².